The number of rotatable bonds is 3. The summed E-state index contributed by atoms with van der Waals surface area (Å²) in [4.78, 5) is 1.68. The summed E-state index contributed by atoms with van der Waals surface area (Å²) >= 11 is 3.16. The topological polar surface area (TPSA) is 29.3 Å². The molecule has 0 atom stereocenters. The number of fused-ring (bicyclic) bond motifs is 1. The molecule has 0 unspecified atom stereocenters. The lowest BCUT2D eigenvalue weighted by Crippen LogP contribution is -2.20. The summed E-state index contributed by atoms with van der Waals surface area (Å²) in [6.45, 7) is 11.6. The van der Waals surface area contributed by atoms with Crippen molar-refractivity contribution >= 4 is 38.6 Å². The molecule has 0 saturated carbocycles. The van der Waals surface area contributed by atoms with E-state index in [1.54, 1.807) is 18.0 Å². The van der Waals surface area contributed by atoms with Crippen LogP contribution in [0, 0.1) is 17.5 Å². The van der Waals surface area contributed by atoms with Gasteiger partial charge in [0.25, 0.3) is 0 Å². The molecule has 0 fully saturated rings. The first-order chi connectivity index (χ1) is 12.7. The van der Waals surface area contributed by atoms with Gasteiger partial charge >= 0.3 is 0 Å². The van der Waals surface area contributed by atoms with E-state index in [-0.39, 0.29) is 10.2 Å². The molecular weight excluding hydrogens is 417 g/mol. The molecule has 0 spiro atoms. The van der Waals surface area contributed by atoms with E-state index < -0.39 is 17.5 Å². The highest BCUT2D eigenvalue weighted by Gasteiger charge is 2.29. The Morgan fingerprint density at radius 3 is 2.44 bits per heavy atom. The summed E-state index contributed by atoms with van der Waals surface area (Å²) in [5.74, 6) is -2.52. The molecule has 0 aliphatic carbocycles. The minimum absolute atomic E-state index is 0.0304. The number of anilines is 3. The molecule has 0 bridgehead atoms. The summed E-state index contributed by atoms with van der Waals surface area (Å²) < 4.78 is 42.3. The van der Waals surface area contributed by atoms with Crippen molar-refractivity contribution in [1.29, 1.82) is 0 Å². The summed E-state index contributed by atoms with van der Waals surface area (Å²) in [5, 5.41) is 0. The van der Waals surface area contributed by atoms with E-state index in [2.05, 4.69) is 29.1 Å². The van der Waals surface area contributed by atoms with Crippen LogP contribution in [0.5, 0.6) is 0 Å². The second-order valence-corrected chi connectivity index (χ2v) is 7.20. The number of benzene rings is 2. The molecule has 3 rings (SSSR count). The summed E-state index contributed by atoms with van der Waals surface area (Å²) in [5.41, 5.74) is 9.73. The van der Waals surface area contributed by atoms with Crippen LogP contribution >= 0.6 is 15.9 Å². The Bertz CT molecular complexity index is 1020. The smallest absolute Gasteiger partial charge is 0.175 e. The maximum Gasteiger partial charge on any atom is 0.175 e. The number of hydrogen-bond acceptors (Lipinski definition) is 2. The molecule has 2 aromatic rings. The van der Waals surface area contributed by atoms with Crippen molar-refractivity contribution in [2.24, 2.45) is 0 Å². The van der Waals surface area contributed by atoms with Gasteiger partial charge in [0.15, 0.2) is 11.6 Å². The zero-order valence-corrected chi connectivity index (χ0v) is 16.6. The van der Waals surface area contributed by atoms with Gasteiger partial charge in [-0.25, -0.2) is 13.2 Å². The molecule has 1 aliphatic rings. The average molecular weight is 435 g/mol. The number of nitrogens with two attached hydrogens (primary N) is 1. The molecule has 0 radical (unpaired) electrons. The Balaban J connectivity index is 2.39. The Morgan fingerprint density at radius 1 is 1.19 bits per heavy atom. The highest BCUT2D eigenvalue weighted by Crippen LogP contribution is 2.48. The fourth-order valence-electron chi connectivity index (χ4n) is 3.15. The number of nitrogen functional groups attached to an aromatic ring is 1. The second-order valence-electron chi connectivity index (χ2n) is 6.41. The van der Waals surface area contributed by atoms with Crippen molar-refractivity contribution < 1.29 is 13.2 Å². The van der Waals surface area contributed by atoms with E-state index in [9.17, 15) is 13.2 Å². The quantitative estimate of drug-likeness (QED) is 0.433. The van der Waals surface area contributed by atoms with E-state index in [0.29, 0.717) is 45.6 Å². The molecule has 140 valence electrons. The van der Waals surface area contributed by atoms with E-state index in [4.69, 9.17) is 5.73 Å². The number of halogens is 4. The predicted molar refractivity (Wildman–Crippen MR) is 108 cm³/mol. The fraction of sp³-hybridized carbons (Fsp3) is 0.143. The number of nitrogens with zero attached hydrogens (tertiary/aromatic N) is 1. The Morgan fingerprint density at radius 2 is 1.85 bits per heavy atom. The van der Waals surface area contributed by atoms with Gasteiger partial charge < -0.3 is 10.6 Å². The van der Waals surface area contributed by atoms with E-state index in [1.807, 2.05) is 6.92 Å². The van der Waals surface area contributed by atoms with Crippen molar-refractivity contribution in [2.45, 2.75) is 20.3 Å². The van der Waals surface area contributed by atoms with Crippen molar-refractivity contribution in [3.05, 3.63) is 81.8 Å². The first kappa shape index (κ1) is 19.3. The third-order valence-corrected chi connectivity index (χ3v) is 5.31. The molecule has 0 aromatic heterocycles. The van der Waals surface area contributed by atoms with Crippen LogP contribution in [0.1, 0.15) is 25.0 Å². The lowest BCUT2D eigenvalue weighted by molar-refractivity contribution is 0.504. The highest BCUT2D eigenvalue weighted by molar-refractivity contribution is 9.10. The van der Waals surface area contributed by atoms with Gasteiger partial charge in [-0.3, -0.25) is 0 Å². The van der Waals surface area contributed by atoms with Crippen molar-refractivity contribution in [1.82, 2.24) is 0 Å². The fourth-order valence-corrected chi connectivity index (χ4v) is 3.75. The van der Waals surface area contributed by atoms with Crippen molar-refractivity contribution in [3.8, 4) is 0 Å². The van der Waals surface area contributed by atoms with Gasteiger partial charge in [-0.1, -0.05) is 20.1 Å². The molecule has 2 nitrogen and oxygen atoms in total. The first-order valence-electron chi connectivity index (χ1n) is 8.29. The average Bonchev–Trinajstić information content (AvgIpc) is 2.62. The van der Waals surface area contributed by atoms with Crippen LogP contribution in [-0.4, -0.2) is 0 Å². The van der Waals surface area contributed by atoms with Crippen LogP contribution in [0.4, 0.5) is 30.2 Å². The largest absolute Gasteiger partial charge is 0.396 e. The van der Waals surface area contributed by atoms with Crippen LogP contribution in [0.25, 0.3) is 5.57 Å². The zero-order valence-electron chi connectivity index (χ0n) is 15.0. The monoisotopic (exact) mass is 434 g/mol. The maximum absolute atomic E-state index is 14.3. The molecule has 0 amide bonds. The van der Waals surface area contributed by atoms with E-state index >= 15 is 0 Å². The van der Waals surface area contributed by atoms with Crippen LogP contribution < -0.4 is 10.6 Å². The lowest BCUT2D eigenvalue weighted by atomic mass is 9.90. The first-order valence-corrected chi connectivity index (χ1v) is 9.08. The van der Waals surface area contributed by atoms with Crippen LogP contribution in [0.15, 0.2) is 53.2 Å². The Kier molecular flexibility index (Phi) is 4.95. The van der Waals surface area contributed by atoms with Gasteiger partial charge in [0, 0.05) is 17.3 Å². The number of allylic oxidation sites excluding steroid dienone is 3. The number of hydrogen-bond donors (Lipinski definition) is 1. The standard InChI is InChI=1S/C21H18BrF3N2/c1-5-12-6-15(23)17(26)8-18(12)27-9-14(10(2)3)11(4)13-7-16(24)20(25)19(22)21(13)27/h6-9H,2,4-5,26H2,1,3H3. The minimum atomic E-state index is -1.01. The molecule has 1 aliphatic heterocycles. The van der Waals surface area contributed by atoms with E-state index in [0.717, 1.165) is 6.07 Å². The summed E-state index contributed by atoms with van der Waals surface area (Å²) in [7, 11) is 0. The minimum Gasteiger partial charge on any atom is -0.396 e. The zero-order chi connectivity index (χ0) is 20.0. The maximum atomic E-state index is 14.3. The van der Waals surface area contributed by atoms with Gasteiger partial charge in [0.05, 0.1) is 21.5 Å². The van der Waals surface area contributed by atoms with Crippen molar-refractivity contribution in [2.75, 3.05) is 10.6 Å². The van der Waals surface area contributed by atoms with Crippen molar-refractivity contribution in [3.63, 3.8) is 0 Å². The van der Waals surface area contributed by atoms with Crippen LogP contribution in [0.3, 0.4) is 0 Å². The SMILES string of the molecule is C=C(C)C1=CN(c2cc(N)c(F)cc2CC)c2c(cc(F)c(F)c2Br)C1=C. The molecule has 0 saturated heterocycles. The summed E-state index contributed by atoms with van der Waals surface area (Å²) in [6, 6.07) is 3.96. The highest BCUT2D eigenvalue weighted by atomic mass is 79.9. The van der Waals surface area contributed by atoms with Crippen LogP contribution in [0.2, 0.25) is 0 Å². The number of aryl methyl sites for hydroxylation is 1. The molecule has 27 heavy (non-hydrogen) atoms. The molecule has 2 aromatic carbocycles. The molecule has 1 heterocycles. The Labute approximate surface area is 164 Å². The normalized spacial score (nSPS) is 13.5. The predicted octanol–water partition coefficient (Wildman–Crippen LogP) is 6.64. The van der Waals surface area contributed by atoms with Gasteiger partial charge in [0.2, 0.25) is 0 Å². The third kappa shape index (κ3) is 3.08. The van der Waals surface area contributed by atoms with Gasteiger partial charge in [-0.2, -0.15) is 0 Å². The molecule has 6 heteroatoms. The second kappa shape index (κ2) is 6.93. The molecule has 2 N–H and O–H groups in total. The van der Waals surface area contributed by atoms with Gasteiger partial charge in [-0.15, -0.1) is 0 Å². The molecular formula is C21H18BrF3N2. The van der Waals surface area contributed by atoms with Gasteiger partial charge in [-0.05, 0) is 64.2 Å². The van der Waals surface area contributed by atoms with Crippen LogP contribution in [-0.2, 0) is 6.42 Å². The lowest BCUT2D eigenvalue weighted by Gasteiger charge is -2.33. The van der Waals surface area contributed by atoms with E-state index in [1.165, 1.54) is 12.1 Å². The third-order valence-electron chi connectivity index (χ3n) is 4.58. The van der Waals surface area contributed by atoms with Gasteiger partial charge in [0.1, 0.15) is 5.82 Å². The Hall–Kier alpha value is -2.47. The summed E-state index contributed by atoms with van der Waals surface area (Å²) in [6.07, 6.45) is 2.26.